The molecule has 1 aromatic carbocycles. The molecule has 0 aliphatic carbocycles. The van der Waals surface area contributed by atoms with Gasteiger partial charge in [-0.15, -0.1) is 0 Å². The number of carbonyl (C=O) groups is 1. The number of halogens is 1. The summed E-state index contributed by atoms with van der Waals surface area (Å²) in [5, 5.41) is 2.72. The number of fused-ring (bicyclic) bond motifs is 1. The highest BCUT2D eigenvalue weighted by molar-refractivity contribution is 8.06. The maximum Gasteiger partial charge on any atom is 0.321 e. The van der Waals surface area contributed by atoms with Crippen molar-refractivity contribution in [2.24, 2.45) is 0 Å². The summed E-state index contributed by atoms with van der Waals surface area (Å²) in [6, 6.07) is 11.0. The van der Waals surface area contributed by atoms with Crippen LogP contribution in [0, 0.1) is 0 Å². The maximum atomic E-state index is 16.1. The Hall–Kier alpha value is -2.16. The van der Waals surface area contributed by atoms with E-state index in [1.54, 1.807) is 30.3 Å². The van der Waals surface area contributed by atoms with Gasteiger partial charge in [0.05, 0.1) is 12.9 Å². The summed E-state index contributed by atoms with van der Waals surface area (Å²) in [4.78, 5) is 44.6. The van der Waals surface area contributed by atoms with Gasteiger partial charge in [-0.05, 0) is 42.1 Å². The van der Waals surface area contributed by atoms with Gasteiger partial charge in [-0.1, -0.05) is 39.0 Å². The van der Waals surface area contributed by atoms with Gasteiger partial charge in [0.15, 0.2) is 37.7 Å². The molecule has 0 spiro atoms. The van der Waals surface area contributed by atoms with Crippen molar-refractivity contribution in [3.8, 4) is 0 Å². The number of benzene rings is 1. The van der Waals surface area contributed by atoms with E-state index >= 15 is 4.39 Å². The Labute approximate surface area is 225 Å². The first kappa shape index (κ1) is 28.8. The Morgan fingerprint density at radius 2 is 1.87 bits per heavy atom. The van der Waals surface area contributed by atoms with Gasteiger partial charge in [0, 0.05) is 5.56 Å². The summed E-state index contributed by atoms with van der Waals surface area (Å²) in [6.07, 6.45) is -2.21. The van der Waals surface area contributed by atoms with Crippen molar-refractivity contribution in [3.63, 3.8) is 0 Å². The predicted octanol–water partition coefficient (Wildman–Crippen LogP) is 3.93. The first-order valence-electron chi connectivity index (χ1n) is 12.3. The number of hydrogen-bond acceptors (Lipinski definition) is 8. The molecule has 1 aliphatic rings. The van der Waals surface area contributed by atoms with E-state index in [0.29, 0.717) is 5.56 Å². The Morgan fingerprint density at radius 3 is 2.50 bits per heavy atom. The fourth-order valence-corrected chi connectivity index (χ4v) is 7.93. The molecule has 1 aliphatic heterocycles. The van der Waals surface area contributed by atoms with Crippen LogP contribution in [0.25, 0.3) is 11.2 Å². The zero-order valence-electron chi connectivity index (χ0n) is 21.2. The van der Waals surface area contributed by atoms with Gasteiger partial charge in [-0.2, -0.15) is 0 Å². The van der Waals surface area contributed by atoms with E-state index < -0.39 is 39.6 Å². The molecule has 2 aromatic heterocycles. The topological polar surface area (TPSA) is 141 Å². The lowest BCUT2D eigenvalue weighted by Crippen LogP contribution is -2.46. The molecule has 0 saturated carbocycles. The molecule has 4 atom stereocenters. The van der Waals surface area contributed by atoms with Crippen LogP contribution in [0.15, 0.2) is 43.0 Å². The number of carbonyl (C=O) groups excluding carboxylic acids is 1. The summed E-state index contributed by atoms with van der Waals surface area (Å²) in [7, 11) is -2.28. The minimum Gasteiger partial charge on any atom is -0.408 e. The van der Waals surface area contributed by atoms with E-state index in [-0.39, 0.29) is 29.5 Å². The Kier molecular flexibility index (Phi) is 9.05. The Bertz CT molecular complexity index is 1300. The standard InChI is InChI=1S/C23H31FN5O6PSSi/c1-4-38(5-2,6-3)35-19-16(12-33-36(31,32)37)34-23(17(19)24)29-14-27-18-20(25-13-26-21(18)29)28-22(30)15-10-8-7-9-11-15/h7-11,13-14,16-17,19,23H,4-6,12H2,1-3H3,(H2,31,32,37)(H,25,26,28,30)/t16-,17-,19-,23-/m1/s1. The first-order valence-corrected chi connectivity index (χ1v) is 17.5. The van der Waals surface area contributed by atoms with Gasteiger partial charge in [0.25, 0.3) is 5.91 Å². The molecule has 3 aromatic rings. The lowest BCUT2D eigenvalue weighted by molar-refractivity contribution is -0.0414. The molecule has 0 unspecified atom stereocenters. The van der Waals surface area contributed by atoms with Crippen molar-refractivity contribution in [2.75, 3.05) is 11.9 Å². The van der Waals surface area contributed by atoms with Crippen molar-refractivity contribution in [3.05, 3.63) is 48.5 Å². The highest BCUT2D eigenvalue weighted by Crippen LogP contribution is 2.42. The number of amides is 1. The van der Waals surface area contributed by atoms with E-state index in [2.05, 4.69) is 32.1 Å². The fraction of sp³-hybridized carbons (Fsp3) is 0.478. The summed E-state index contributed by atoms with van der Waals surface area (Å²) < 4.78 is 35.0. The van der Waals surface area contributed by atoms with Crippen molar-refractivity contribution in [2.45, 2.75) is 63.5 Å². The van der Waals surface area contributed by atoms with Gasteiger partial charge >= 0.3 is 6.72 Å². The average Bonchev–Trinajstić information content (AvgIpc) is 3.47. The SMILES string of the molecule is CC[Si](CC)(CC)O[C@H]1[C@@H](F)[C@H](n2cnc3c(NC(=O)c4ccccc4)ncnc32)O[C@@H]1COP(O)(O)=S. The molecule has 11 nitrogen and oxygen atoms in total. The molecular formula is C23H31FN5O6PSSi. The second kappa shape index (κ2) is 11.9. The quantitative estimate of drug-likeness (QED) is 0.225. The number of ether oxygens (including phenoxy) is 1. The fourth-order valence-electron chi connectivity index (χ4n) is 4.55. The zero-order valence-corrected chi connectivity index (χ0v) is 23.9. The number of nitrogens with zero attached hydrogens (tertiary/aromatic N) is 4. The van der Waals surface area contributed by atoms with E-state index in [9.17, 15) is 14.6 Å². The van der Waals surface area contributed by atoms with Crippen LogP contribution in [0.4, 0.5) is 10.2 Å². The van der Waals surface area contributed by atoms with Gasteiger partial charge in [-0.3, -0.25) is 9.36 Å². The van der Waals surface area contributed by atoms with Crippen LogP contribution in [0.3, 0.4) is 0 Å². The van der Waals surface area contributed by atoms with Gasteiger partial charge in [0.1, 0.15) is 18.5 Å². The van der Waals surface area contributed by atoms with Crippen LogP contribution in [-0.4, -0.2) is 68.5 Å². The third-order valence-corrected chi connectivity index (χ3v) is 12.3. The van der Waals surface area contributed by atoms with Gasteiger partial charge < -0.3 is 28.8 Å². The molecular weight excluding hydrogens is 552 g/mol. The van der Waals surface area contributed by atoms with Crippen LogP contribution >= 0.6 is 6.72 Å². The van der Waals surface area contributed by atoms with E-state index in [0.717, 1.165) is 18.1 Å². The Balaban J connectivity index is 1.64. The second-order valence-corrected chi connectivity index (χ2v) is 16.4. The molecule has 4 rings (SSSR count). The van der Waals surface area contributed by atoms with Crippen molar-refractivity contribution < 1.29 is 32.7 Å². The number of anilines is 1. The van der Waals surface area contributed by atoms with E-state index in [4.69, 9.17) is 13.7 Å². The largest absolute Gasteiger partial charge is 0.408 e. The lowest BCUT2D eigenvalue weighted by Gasteiger charge is -2.34. The maximum absolute atomic E-state index is 16.1. The molecule has 15 heteroatoms. The summed E-state index contributed by atoms with van der Waals surface area (Å²) in [6.45, 7) is 1.73. The summed E-state index contributed by atoms with van der Waals surface area (Å²) in [5.74, 6) is -0.214. The van der Waals surface area contributed by atoms with Crippen LogP contribution in [-0.2, 0) is 25.5 Å². The lowest BCUT2D eigenvalue weighted by atomic mass is 10.1. The molecule has 0 radical (unpaired) electrons. The third kappa shape index (κ3) is 6.18. The van der Waals surface area contributed by atoms with Crippen molar-refractivity contribution >= 4 is 49.7 Å². The third-order valence-electron chi connectivity index (χ3n) is 6.89. The number of nitrogens with one attached hydrogen (secondary N) is 1. The molecule has 3 N–H and O–H groups in total. The summed E-state index contributed by atoms with van der Waals surface area (Å²) >= 11 is 4.57. The smallest absolute Gasteiger partial charge is 0.321 e. The highest BCUT2D eigenvalue weighted by atomic mass is 32.5. The number of imidazole rings is 1. The van der Waals surface area contributed by atoms with Crippen LogP contribution < -0.4 is 5.32 Å². The van der Waals surface area contributed by atoms with Crippen LogP contribution in [0.1, 0.15) is 37.4 Å². The molecule has 1 amide bonds. The predicted molar refractivity (Wildman–Crippen MR) is 145 cm³/mol. The van der Waals surface area contributed by atoms with E-state index in [1.807, 2.05) is 20.8 Å². The van der Waals surface area contributed by atoms with Crippen LogP contribution in [0.5, 0.6) is 0 Å². The van der Waals surface area contributed by atoms with Crippen LogP contribution in [0.2, 0.25) is 18.1 Å². The molecule has 1 fully saturated rings. The number of rotatable bonds is 11. The number of alkyl halides is 1. The number of hydrogen-bond donors (Lipinski definition) is 3. The molecule has 1 saturated heterocycles. The van der Waals surface area contributed by atoms with Crippen molar-refractivity contribution in [1.82, 2.24) is 19.5 Å². The second-order valence-electron chi connectivity index (χ2n) is 8.99. The van der Waals surface area contributed by atoms with Gasteiger partial charge in [0.2, 0.25) is 0 Å². The molecule has 3 heterocycles. The van der Waals surface area contributed by atoms with E-state index in [1.165, 1.54) is 17.2 Å². The first-order chi connectivity index (χ1) is 18.1. The highest BCUT2D eigenvalue weighted by Gasteiger charge is 2.50. The molecule has 206 valence electrons. The van der Waals surface area contributed by atoms with Crippen molar-refractivity contribution in [1.29, 1.82) is 0 Å². The molecule has 38 heavy (non-hydrogen) atoms. The Morgan fingerprint density at radius 1 is 1.18 bits per heavy atom. The molecule has 0 bridgehead atoms. The normalized spacial score (nSPS) is 22.2. The number of aromatic nitrogens is 4. The summed E-state index contributed by atoms with van der Waals surface area (Å²) in [5.41, 5.74) is 0.939. The average molecular weight is 584 g/mol. The monoisotopic (exact) mass is 583 g/mol. The zero-order chi connectivity index (χ0) is 27.5. The minimum atomic E-state index is -3.99. The minimum absolute atomic E-state index is 0.166. The van der Waals surface area contributed by atoms with Gasteiger partial charge in [-0.25, -0.2) is 19.3 Å².